The monoisotopic (exact) mass is 364 g/mol. The normalized spacial score (nSPS) is 19.2. The Morgan fingerprint density at radius 2 is 1.96 bits per heavy atom. The zero-order valence-electron chi connectivity index (χ0n) is 14.5. The molecule has 2 rings (SSSR count). The molecule has 26 heavy (non-hydrogen) atoms. The summed E-state index contributed by atoms with van der Waals surface area (Å²) < 4.78 is 5.48. The number of benzene rings is 1. The van der Waals surface area contributed by atoms with Crippen molar-refractivity contribution in [3.8, 4) is 5.75 Å². The number of ether oxygens (including phenoxy) is 1. The molecule has 8 nitrogen and oxygen atoms in total. The van der Waals surface area contributed by atoms with Crippen LogP contribution in [0.3, 0.4) is 0 Å². The van der Waals surface area contributed by atoms with Crippen molar-refractivity contribution >= 4 is 17.8 Å². The number of carbonyl (C=O) groups excluding carboxylic acids is 2. The van der Waals surface area contributed by atoms with Gasteiger partial charge >= 0.3 is 5.97 Å². The molecule has 1 fully saturated rings. The molecule has 2 amide bonds. The van der Waals surface area contributed by atoms with Gasteiger partial charge in [0.05, 0.1) is 13.2 Å². The van der Waals surface area contributed by atoms with Crippen LogP contribution in [0.5, 0.6) is 5.75 Å². The van der Waals surface area contributed by atoms with E-state index in [-0.39, 0.29) is 44.4 Å². The maximum atomic E-state index is 12.2. The molecule has 0 bridgehead atoms. The van der Waals surface area contributed by atoms with Gasteiger partial charge in [-0.1, -0.05) is 18.2 Å². The van der Waals surface area contributed by atoms with Crippen molar-refractivity contribution in [3.63, 3.8) is 0 Å². The molecule has 2 unspecified atom stereocenters. The number of aliphatic hydroxyl groups excluding tert-OH is 1. The molecule has 0 spiro atoms. The van der Waals surface area contributed by atoms with E-state index >= 15 is 0 Å². The van der Waals surface area contributed by atoms with E-state index in [1.165, 1.54) is 4.90 Å². The van der Waals surface area contributed by atoms with Crippen molar-refractivity contribution in [2.24, 2.45) is 5.92 Å². The molecule has 0 aliphatic carbocycles. The van der Waals surface area contributed by atoms with Crippen LogP contribution < -0.4 is 10.1 Å². The first-order valence-corrected chi connectivity index (χ1v) is 8.59. The quantitative estimate of drug-likeness (QED) is 0.541. The minimum atomic E-state index is -1.10. The number of carbonyl (C=O) groups is 3. The Morgan fingerprint density at radius 3 is 2.62 bits per heavy atom. The van der Waals surface area contributed by atoms with Gasteiger partial charge in [-0.15, -0.1) is 0 Å². The number of hydrogen-bond acceptors (Lipinski definition) is 5. The van der Waals surface area contributed by atoms with Crippen LogP contribution >= 0.6 is 0 Å². The van der Waals surface area contributed by atoms with E-state index < -0.39 is 17.9 Å². The Kier molecular flexibility index (Phi) is 7.40. The number of para-hydroxylation sites is 1. The summed E-state index contributed by atoms with van der Waals surface area (Å²) in [5.74, 6) is -1.36. The minimum Gasteiger partial charge on any atom is -0.494 e. The number of hydrogen-bond donors (Lipinski definition) is 3. The smallest absolute Gasteiger partial charge is 0.326 e. The fraction of sp³-hybridized carbons (Fsp3) is 0.500. The Labute approximate surface area is 151 Å². The lowest BCUT2D eigenvalue weighted by molar-refractivity contribution is -0.148. The number of aliphatic carboxylic acids is 1. The van der Waals surface area contributed by atoms with E-state index in [1.807, 2.05) is 30.3 Å². The predicted molar refractivity (Wildman–Crippen MR) is 92.5 cm³/mol. The molecule has 1 heterocycles. The molecular formula is C18H24N2O6. The van der Waals surface area contributed by atoms with Gasteiger partial charge in [0.25, 0.3) is 0 Å². The summed E-state index contributed by atoms with van der Waals surface area (Å²) in [7, 11) is 0. The average molecular weight is 364 g/mol. The van der Waals surface area contributed by atoms with Gasteiger partial charge in [-0.2, -0.15) is 0 Å². The number of likely N-dealkylation sites (tertiary alicyclic amines) is 1. The number of amides is 2. The van der Waals surface area contributed by atoms with Crippen LogP contribution in [0.2, 0.25) is 0 Å². The van der Waals surface area contributed by atoms with Crippen LogP contribution in [0.25, 0.3) is 0 Å². The topological polar surface area (TPSA) is 116 Å². The first-order chi connectivity index (χ1) is 12.5. The van der Waals surface area contributed by atoms with Gasteiger partial charge in [-0.3, -0.25) is 9.59 Å². The van der Waals surface area contributed by atoms with Gasteiger partial charge in [-0.05, 0) is 25.0 Å². The molecule has 1 saturated heterocycles. The highest BCUT2D eigenvalue weighted by atomic mass is 16.5. The summed E-state index contributed by atoms with van der Waals surface area (Å²) >= 11 is 0. The minimum absolute atomic E-state index is 0.165. The SMILES string of the molecule is O=C(CCCOc1ccccc1)NCC(=O)N1CC(CO)CC1C(=O)O. The zero-order valence-corrected chi connectivity index (χ0v) is 14.5. The van der Waals surface area contributed by atoms with E-state index in [0.29, 0.717) is 13.0 Å². The van der Waals surface area contributed by atoms with Crippen molar-refractivity contribution < 1.29 is 29.3 Å². The van der Waals surface area contributed by atoms with Crippen molar-refractivity contribution in [2.45, 2.75) is 25.3 Å². The second-order valence-electron chi connectivity index (χ2n) is 6.23. The molecule has 1 aliphatic heterocycles. The van der Waals surface area contributed by atoms with Crippen molar-refractivity contribution in [1.29, 1.82) is 0 Å². The molecule has 3 N–H and O–H groups in total. The predicted octanol–water partition coefficient (Wildman–Crippen LogP) is 0.256. The fourth-order valence-corrected chi connectivity index (χ4v) is 2.87. The fourth-order valence-electron chi connectivity index (χ4n) is 2.87. The van der Waals surface area contributed by atoms with E-state index in [0.717, 1.165) is 5.75 Å². The summed E-state index contributed by atoms with van der Waals surface area (Å²) in [4.78, 5) is 36.4. The van der Waals surface area contributed by atoms with E-state index in [2.05, 4.69) is 5.32 Å². The maximum absolute atomic E-state index is 12.2. The van der Waals surface area contributed by atoms with Crippen molar-refractivity contribution in [3.05, 3.63) is 30.3 Å². The molecule has 142 valence electrons. The highest BCUT2D eigenvalue weighted by molar-refractivity contribution is 5.88. The second-order valence-corrected chi connectivity index (χ2v) is 6.23. The highest BCUT2D eigenvalue weighted by Crippen LogP contribution is 2.23. The van der Waals surface area contributed by atoms with Crippen LogP contribution in [-0.2, 0) is 14.4 Å². The number of nitrogens with zero attached hydrogens (tertiary/aromatic N) is 1. The van der Waals surface area contributed by atoms with Crippen LogP contribution in [0.15, 0.2) is 30.3 Å². The standard InChI is InChI=1S/C18H24N2O6/c21-12-13-9-15(18(24)25)20(11-13)17(23)10-19-16(22)7-4-8-26-14-5-2-1-3-6-14/h1-3,5-6,13,15,21H,4,7-12H2,(H,19,22)(H,24,25). The lowest BCUT2D eigenvalue weighted by atomic mass is 10.1. The Hall–Kier alpha value is -2.61. The molecule has 1 aliphatic rings. The Morgan fingerprint density at radius 1 is 1.23 bits per heavy atom. The average Bonchev–Trinajstić information content (AvgIpc) is 3.09. The molecule has 2 atom stereocenters. The van der Waals surface area contributed by atoms with Gasteiger partial charge in [0, 0.05) is 25.5 Å². The number of nitrogens with one attached hydrogen (secondary N) is 1. The third-order valence-corrected chi connectivity index (χ3v) is 4.25. The van der Waals surface area contributed by atoms with Gasteiger partial charge in [-0.25, -0.2) is 4.79 Å². The molecular weight excluding hydrogens is 340 g/mol. The van der Waals surface area contributed by atoms with E-state index in [1.54, 1.807) is 0 Å². The number of carboxylic acids is 1. The third-order valence-electron chi connectivity index (χ3n) is 4.25. The van der Waals surface area contributed by atoms with Gasteiger partial charge in [0.1, 0.15) is 11.8 Å². The number of aliphatic hydroxyl groups is 1. The van der Waals surface area contributed by atoms with E-state index in [9.17, 15) is 24.6 Å². The highest BCUT2D eigenvalue weighted by Gasteiger charge is 2.39. The van der Waals surface area contributed by atoms with Gasteiger partial charge in [0.2, 0.25) is 11.8 Å². The maximum Gasteiger partial charge on any atom is 0.326 e. The zero-order chi connectivity index (χ0) is 18.9. The molecule has 0 aromatic heterocycles. The third kappa shape index (κ3) is 5.73. The summed E-state index contributed by atoms with van der Waals surface area (Å²) in [6.07, 6.45) is 0.938. The first-order valence-electron chi connectivity index (χ1n) is 8.59. The summed E-state index contributed by atoms with van der Waals surface area (Å²) in [6, 6.07) is 8.31. The van der Waals surface area contributed by atoms with E-state index in [4.69, 9.17) is 4.74 Å². The van der Waals surface area contributed by atoms with Gasteiger partial charge < -0.3 is 25.2 Å². The summed E-state index contributed by atoms with van der Waals surface area (Å²) in [5, 5.41) is 20.9. The lowest BCUT2D eigenvalue weighted by Gasteiger charge is -2.21. The first kappa shape index (κ1) is 19.7. The lowest BCUT2D eigenvalue weighted by Crippen LogP contribution is -2.45. The number of carboxylic acid groups (broad SMARTS) is 1. The largest absolute Gasteiger partial charge is 0.494 e. The van der Waals surface area contributed by atoms with Crippen LogP contribution in [-0.4, -0.2) is 65.2 Å². The summed E-state index contributed by atoms with van der Waals surface area (Å²) in [5.41, 5.74) is 0. The van der Waals surface area contributed by atoms with Crippen molar-refractivity contribution in [2.75, 3.05) is 26.3 Å². The summed E-state index contributed by atoms with van der Waals surface area (Å²) in [6.45, 7) is 0.158. The second kappa shape index (κ2) is 9.76. The van der Waals surface area contributed by atoms with Crippen LogP contribution in [0, 0.1) is 5.92 Å². The molecule has 1 aromatic rings. The molecule has 1 aromatic carbocycles. The molecule has 8 heteroatoms. The molecule has 0 saturated carbocycles. The van der Waals surface area contributed by atoms with Gasteiger partial charge in [0.15, 0.2) is 0 Å². The Balaban J connectivity index is 1.67. The molecule has 0 radical (unpaired) electrons. The van der Waals surface area contributed by atoms with Crippen molar-refractivity contribution in [1.82, 2.24) is 10.2 Å². The Bertz CT molecular complexity index is 621. The number of rotatable bonds is 9. The van der Waals surface area contributed by atoms with Crippen LogP contribution in [0.4, 0.5) is 0 Å². The van der Waals surface area contributed by atoms with Crippen LogP contribution in [0.1, 0.15) is 19.3 Å².